The molecule has 2 aliphatic rings. The predicted molar refractivity (Wildman–Crippen MR) is 111 cm³/mol. The van der Waals surface area contributed by atoms with E-state index in [1.54, 1.807) is 25.3 Å². The van der Waals surface area contributed by atoms with Crippen molar-refractivity contribution in [3.05, 3.63) is 53.9 Å². The van der Waals surface area contributed by atoms with Crippen LogP contribution in [-0.4, -0.2) is 53.9 Å². The Morgan fingerprint density at radius 1 is 1.20 bits per heavy atom. The predicted octanol–water partition coefficient (Wildman–Crippen LogP) is 2.81. The molecule has 2 aromatic rings. The third-order valence-electron chi connectivity index (χ3n) is 5.97. The number of ether oxygens (including phenoxy) is 2. The fourth-order valence-corrected chi connectivity index (χ4v) is 4.47. The summed E-state index contributed by atoms with van der Waals surface area (Å²) in [6.07, 6.45) is 3.77. The molecule has 3 heterocycles. The van der Waals surface area contributed by atoms with Gasteiger partial charge in [-0.25, -0.2) is 0 Å². The van der Waals surface area contributed by atoms with Gasteiger partial charge in [-0.1, -0.05) is 6.07 Å². The monoisotopic (exact) mass is 409 g/mol. The lowest BCUT2D eigenvalue weighted by Gasteiger charge is -2.29. The number of benzene rings is 1. The van der Waals surface area contributed by atoms with Crippen LogP contribution in [0.25, 0.3) is 0 Å². The van der Waals surface area contributed by atoms with Crippen molar-refractivity contribution in [1.29, 1.82) is 0 Å². The number of likely N-dealkylation sites (tertiary alicyclic amines) is 2. The number of carbonyl (C=O) groups excluding carboxylic acids is 2. The molecule has 2 aliphatic heterocycles. The van der Waals surface area contributed by atoms with Gasteiger partial charge in [-0.2, -0.15) is 0 Å². The van der Waals surface area contributed by atoms with Crippen molar-refractivity contribution in [2.24, 2.45) is 5.92 Å². The second-order valence-corrected chi connectivity index (χ2v) is 7.79. The first-order chi connectivity index (χ1) is 14.6. The summed E-state index contributed by atoms with van der Waals surface area (Å²) < 4.78 is 10.9. The van der Waals surface area contributed by atoms with E-state index in [4.69, 9.17) is 9.47 Å². The van der Waals surface area contributed by atoms with Crippen LogP contribution in [0.2, 0.25) is 0 Å². The Balaban J connectivity index is 1.50. The standard InChI is InChI=1S/C23H27N3O4/c1-29-18-8-9-21(30-2)19(13-18)20-7-5-11-26(20)23(28)16-12-22(27)25(14-16)15-17-6-3-4-10-24-17/h3-4,6,8-10,13,16,20H,5,7,11-12,14-15H2,1-2H3/t16-,20+/m1/s1. The first-order valence-electron chi connectivity index (χ1n) is 10.3. The van der Waals surface area contributed by atoms with Crippen LogP contribution < -0.4 is 9.47 Å². The molecule has 0 radical (unpaired) electrons. The molecule has 7 nitrogen and oxygen atoms in total. The minimum Gasteiger partial charge on any atom is -0.497 e. The summed E-state index contributed by atoms with van der Waals surface area (Å²) in [5.41, 5.74) is 1.79. The summed E-state index contributed by atoms with van der Waals surface area (Å²) in [6, 6.07) is 11.3. The first kappa shape index (κ1) is 20.2. The number of rotatable bonds is 6. The van der Waals surface area contributed by atoms with Gasteiger partial charge >= 0.3 is 0 Å². The van der Waals surface area contributed by atoms with Gasteiger partial charge in [0.05, 0.1) is 38.4 Å². The molecule has 2 fully saturated rings. The molecule has 1 aromatic heterocycles. The summed E-state index contributed by atoms with van der Waals surface area (Å²) in [5.74, 6) is 1.22. The summed E-state index contributed by atoms with van der Waals surface area (Å²) in [4.78, 5) is 33.9. The van der Waals surface area contributed by atoms with Crippen LogP contribution in [-0.2, 0) is 16.1 Å². The summed E-state index contributed by atoms with van der Waals surface area (Å²) in [6.45, 7) is 1.57. The molecule has 4 rings (SSSR count). The lowest BCUT2D eigenvalue weighted by molar-refractivity contribution is -0.136. The van der Waals surface area contributed by atoms with E-state index in [-0.39, 0.29) is 30.2 Å². The van der Waals surface area contributed by atoms with E-state index in [9.17, 15) is 9.59 Å². The zero-order chi connectivity index (χ0) is 21.1. The van der Waals surface area contributed by atoms with Crippen molar-refractivity contribution in [3.8, 4) is 11.5 Å². The van der Waals surface area contributed by atoms with Gasteiger partial charge in [0.25, 0.3) is 0 Å². The van der Waals surface area contributed by atoms with Gasteiger partial charge in [0.1, 0.15) is 11.5 Å². The van der Waals surface area contributed by atoms with Gasteiger partial charge < -0.3 is 19.3 Å². The van der Waals surface area contributed by atoms with Crippen LogP contribution >= 0.6 is 0 Å². The van der Waals surface area contributed by atoms with Crippen LogP contribution in [0, 0.1) is 5.92 Å². The van der Waals surface area contributed by atoms with Gasteiger partial charge in [-0.15, -0.1) is 0 Å². The average molecular weight is 409 g/mol. The molecule has 30 heavy (non-hydrogen) atoms. The van der Waals surface area contributed by atoms with Crippen molar-refractivity contribution >= 4 is 11.8 Å². The van der Waals surface area contributed by atoms with Crippen molar-refractivity contribution in [3.63, 3.8) is 0 Å². The molecule has 2 amide bonds. The highest BCUT2D eigenvalue weighted by atomic mass is 16.5. The molecule has 2 saturated heterocycles. The van der Waals surface area contributed by atoms with Crippen LogP contribution in [0.5, 0.6) is 11.5 Å². The van der Waals surface area contributed by atoms with E-state index in [0.29, 0.717) is 19.6 Å². The van der Waals surface area contributed by atoms with Gasteiger partial charge in [0.2, 0.25) is 11.8 Å². The number of methoxy groups -OCH3 is 2. The van der Waals surface area contributed by atoms with E-state index in [1.807, 2.05) is 41.3 Å². The number of aromatic nitrogens is 1. The molecule has 0 N–H and O–H groups in total. The Kier molecular flexibility index (Phi) is 5.88. The SMILES string of the molecule is COc1ccc(OC)c([C@@H]2CCCN2C(=O)[C@@H]2CC(=O)N(Cc3ccccn3)C2)c1. The highest BCUT2D eigenvalue weighted by Crippen LogP contribution is 2.40. The molecule has 1 aromatic carbocycles. The summed E-state index contributed by atoms with van der Waals surface area (Å²) >= 11 is 0. The number of nitrogens with zero attached hydrogens (tertiary/aromatic N) is 3. The maximum Gasteiger partial charge on any atom is 0.228 e. The van der Waals surface area contributed by atoms with Gasteiger partial charge in [-0.3, -0.25) is 14.6 Å². The number of hydrogen-bond acceptors (Lipinski definition) is 5. The maximum atomic E-state index is 13.4. The summed E-state index contributed by atoms with van der Waals surface area (Å²) in [5, 5.41) is 0. The first-order valence-corrected chi connectivity index (χ1v) is 10.3. The third-order valence-corrected chi connectivity index (χ3v) is 5.97. The summed E-state index contributed by atoms with van der Waals surface area (Å²) in [7, 11) is 3.26. The minimum absolute atomic E-state index is 0.00807. The Labute approximate surface area is 176 Å². The number of pyridine rings is 1. The lowest BCUT2D eigenvalue weighted by atomic mass is 10.0. The largest absolute Gasteiger partial charge is 0.497 e. The Morgan fingerprint density at radius 3 is 2.80 bits per heavy atom. The highest BCUT2D eigenvalue weighted by Gasteiger charge is 2.40. The van der Waals surface area contributed by atoms with Crippen LogP contribution in [0.1, 0.15) is 36.6 Å². The Hall–Kier alpha value is -3.09. The highest BCUT2D eigenvalue weighted by molar-refractivity contribution is 5.89. The zero-order valence-electron chi connectivity index (χ0n) is 17.4. The van der Waals surface area contributed by atoms with E-state index in [1.165, 1.54) is 0 Å². The van der Waals surface area contributed by atoms with Gasteiger partial charge in [0.15, 0.2) is 0 Å². The number of hydrogen-bond donors (Lipinski definition) is 0. The van der Waals surface area contributed by atoms with Gasteiger partial charge in [0, 0.05) is 31.3 Å². The second kappa shape index (κ2) is 8.73. The number of carbonyl (C=O) groups is 2. The molecular formula is C23H27N3O4. The lowest BCUT2D eigenvalue weighted by Crippen LogP contribution is -2.37. The molecule has 2 atom stereocenters. The van der Waals surface area contributed by atoms with E-state index < -0.39 is 0 Å². The normalized spacial score (nSPS) is 21.2. The van der Waals surface area contributed by atoms with Crippen LogP contribution in [0.4, 0.5) is 0 Å². The maximum absolute atomic E-state index is 13.4. The van der Waals surface area contributed by atoms with Crippen molar-refractivity contribution in [1.82, 2.24) is 14.8 Å². The van der Waals surface area contributed by atoms with Crippen LogP contribution in [0.3, 0.4) is 0 Å². The van der Waals surface area contributed by atoms with Crippen LogP contribution in [0.15, 0.2) is 42.6 Å². The zero-order valence-corrected chi connectivity index (χ0v) is 17.4. The Morgan fingerprint density at radius 2 is 2.07 bits per heavy atom. The number of amides is 2. The van der Waals surface area contributed by atoms with Crippen molar-refractivity contribution in [2.45, 2.75) is 31.8 Å². The molecule has 0 spiro atoms. The quantitative estimate of drug-likeness (QED) is 0.734. The van der Waals surface area contributed by atoms with E-state index in [0.717, 1.165) is 35.6 Å². The van der Waals surface area contributed by atoms with Crippen molar-refractivity contribution in [2.75, 3.05) is 27.3 Å². The average Bonchev–Trinajstić information content (AvgIpc) is 3.40. The third kappa shape index (κ3) is 3.97. The topological polar surface area (TPSA) is 72.0 Å². The molecule has 0 bridgehead atoms. The molecule has 158 valence electrons. The van der Waals surface area contributed by atoms with E-state index in [2.05, 4.69) is 4.98 Å². The molecule has 0 aliphatic carbocycles. The molecule has 0 unspecified atom stereocenters. The second-order valence-electron chi connectivity index (χ2n) is 7.79. The molecular weight excluding hydrogens is 382 g/mol. The van der Waals surface area contributed by atoms with Crippen molar-refractivity contribution < 1.29 is 19.1 Å². The molecule has 0 saturated carbocycles. The fraction of sp³-hybridized carbons (Fsp3) is 0.435. The molecule has 7 heteroatoms. The smallest absolute Gasteiger partial charge is 0.228 e. The fourth-order valence-electron chi connectivity index (χ4n) is 4.47. The Bertz CT molecular complexity index is 918. The van der Waals surface area contributed by atoms with E-state index >= 15 is 0 Å². The minimum atomic E-state index is -0.321. The van der Waals surface area contributed by atoms with Gasteiger partial charge in [-0.05, 0) is 43.2 Å².